The van der Waals surface area contributed by atoms with Crippen molar-refractivity contribution < 1.29 is 5.11 Å². The first kappa shape index (κ1) is 13.5. The van der Waals surface area contributed by atoms with Crippen molar-refractivity contribution in [3.8, 4) is 0 Å². The highest BCUT2D eigenvalue weighted by Gasteiger charge is 2.02. The van der Waals surface area contributed by atoms with Gasteiger partial charge in [0.15, 0.2) is 0 Å². The fourth-order valence-corrected chi connectivity index (χ4v) is 2.70. The predicted octanol–water partition coefficient (Wildman–Crippen LogP) is 3.71. The van der Waals surface area contributed by atoms with E-state index in [-0.39, 0.29) is 6.61 Å². The molecule has 0 saturated carbocycles. The first-order valence-electron chi connectivity index (χ1n) is 5.42. The minimum absolute atomic E-state index is 0.0636. The van der Waals surface area contributed by atoms with Crippen LogP contribution < -0.4 is 5.32 Å². The number of aromatic nitrogens is 1. The molecule has 2 aromatic rings. The molecule has 2 N–H and O–H groups in total. The van der Waals surface area contributed by atoms with Crippen LogP contribution in [-0.2, 0) is 13.2 Å². The summed E-state index contributed by atoms with van der Waals surface area (Å²) in [6, 6.07) is 9.77. The number of nitrogens with one attached hydrogen (secondary N) is 1. The van der Waals surface area contributed by atoms with Crippen LogP contribution in [0.2, 0.25) is 0 Å². The average Bonchev–Trinajstić information content (AvgIpc) is 2.38. The largest absolute Gasteiger partial charge is 0.392 e. The summed E-state index contributed by atoms with van der Waals surface area (Å²) in [5.41, 5.74) is 2.02. The van der Waals surface area contributed by atoms with Crippen molar-refractivity contribution in [3.63, 3.8) is 0 Å². The Balaban J connectivity index is 2.06. The first-order chi connectivity index (χ1) is 8.69. The Morgan fingerprint density at radius 3 is 2.67 bits per heavy atom. The maximum Gasteiger partial charge on any atom is 0.140 e. The fraction of sp³-hybridized carbons (Fsp3) is 0.154. The van der Waals surface area contributed by atoms with E-state index in [0.717, 1.165) is 25.9 Å². The summed E-state index contributed by atoms with van der Waals surface area (Å²) < 4.78 is 1.84. The molecular formula is C13H12Br2N2O. The number of nitrogens with zero attached hydrogens (tertiary/aromatic N) is 1. The van der Waals surface area contributed by atoms with E-state index >= 15 is 0 Å². The molecule has 3 nitrogen and oxygen atoms in total. The maximum absolute atomic E-state index is 9.08. The number of hydrogen-bond acceptors (Lipinski definition) is 3. The van der Waals surface area contributed by atoms with E-state index < -0.39 is 0 Å². The summed E-state index contributed by atoms with van der Waals surface area (Å²) in [5, 5.41) is 12.3. The van der Waals surface area contributed by atoms with Crippen molar-refractivity contribution in [1.82, 2.24) is 4.98 Å². The SMILES string of the molecule is OCc1cccc(CNc2ncc(Br)cc2Br)c1. The summed E-state index contributed by atoms with van der Waals surface area (Å²) in [7, 11) is 0. The molecule has 0 radical (unpaired) electrons. The Morgan fingerprint density at radius 1 is 1.17 bits per heavy atom. The van der Waals surface area contributed by atoms with Gasteiger partial charge in [-0.3, -0.25) is 0 Å². The number of benzene rings is 1. The number of aliphatic hydroxyl groups excluding tert-OH is 1. The van der Waals surface area contributed by atoms with Gasteiger partial charge in [0.1, 0.15) is 5.82 Å². The zero-order valence-corrected chi connectivity index (χ0v) is 12.7. The molecule has 1 aromatic heterocycles. The van der Waals surface area contributed by atoms with Crippen LogP contribution in [0.4, 0.5) is 5.82 Å². The van der Waals surface area contributed by atoms with Gasteiger partial charge in [0.2, 0.25) is 0 Å². The van der Waals surface area contributed by atoms with Crippen molar-refractivity contribution in [1.29, 1.82) is 0 Å². The first-order valence-corrected chi connectivity index (χ1v) is 7.01. The van der Waals surface area contributed by atoms with Gasteiger partial charge in [-0.15, -0.1) is 0 Å². The minimum atomic E-state index is 0.0636. The average molecular weight is 372 g/mol. The number of aliphatic hydroxyl groups is 1. The van der Waals surface area contributed by atoms with Crippen LogP contribution in [0.25, 0.3) is 0 Å². The van der Waals surface area contributed by atoms with Crippen LogP contribution in [0, 0.1) is 0 Å². The van der Waals surface area contributed by atoms with E-state index in [9.17, 15) is 0 Å². The highest BCUT2D eigenvalue weighted by atomic mass is 79.9. The van der Waals surface area contributed by atoms with Gasteiger partial charge in [0.25, 0.3) is 0 Å². The molecule has 0 atom stereocenters. The van der Waals surface area contributed by atoms with Gasteiger partial charge in [-0.05, 0) is 49.1 Å². The van der Waals surface area contributed by atoms with Crippen LogP contribution in [0.3, 0.4) is 0 Å². The molecule has 5 heteroatoms. The van der Waals surface area contributed by atoms with Crippen LogP contribution >= 0.6 is 31.9 Å². The lowest BCUT2D eigenvalue weighted by Crippen LogP contribution is -2.02. The third-order valence-electron chi connectivity index (χ3n) is 2.44. The smallest absolute Gasteiger partial charge is 0.140 e. The fourth-order valence-electron chi connectivity index (χ4n) is 1.57. The van der Waals surface area contributed by atoms with E-state index in [1.807, 2.05) is 30.3 Å². The number of rotatable bonds is 4. The molecule has 0 unspecified atom stereocenters. The van der Waals surface area contributed by atoms with Crippen molar-refractivity contribution in [2.45, 2.75) is 13.2 Å². The second kappa shape index (κ2) is 6.31. The van der Waals surface area contributed by atoms with E-state index in [2.05, 4.69) is 42.2 Å². The van der Waals surface area contributed by atoms with Crippen molar-refractivity contribution in [2.24, 2.45) is 0 Å². The second-order valence-corrected chi connectivity index (χ2v) is 5.59. The molecule has 2 rings (SSSR count). The molecule has 18 heavy (non-hydrogen) atoms. The zero-order valence-electron chi connectivity index (χ0n) is 9.53. The number of halogens is 2. The zero-order chi connectivity index (χ0) is 13.0. The molecule has 0 saturated heterocycles. The molecular weight excluding hydrogens is 360 g/mol. The summed E-state index contributed by atoms with van der Waals surface area (Å²) >= 11 is 6.82. The Hall–Kier alpha value is -0.910. The van der Waals surface area contributed by atoms with Crippen molar-refractivity contribution in [2.75, 3.05) is 5.32 Å². The number of pyridine rings is 1. The van der Waals surface area contributed by atoms with Crippen molar-refractivity contribution in [3.05, 3.63) is 56.6 Å². The van der Waals surface area contributed by atoms with Crippen molar-refractivity contribution >= 4 is 37.7 Å². The monoisotopic (exact) mass is 370 g/mol. The van der Waals surface area contributed by atoms with Gasteiger partial charge >= 0.3 is 0 Å². The summed E-state index contributed by atoms with van der Waals surface area (Å²) in [4.78, 5) is 4.28. The Kier molecular flexibility index (Phi) is 4.74. The molecule has 0 aliphatic carbocycles. The van der Waals surface area contributed by atoms with Gasteiger partial charge in [-0.2, -0.15) is 0 Å². The molecule has 1 heterocycles. The maximum atomic E-state index is 9.08. The quantitative estimate of drug-likeness (QED) is 0.860. The van der Waals surface area contributed by atoms with Gasteiger partial charge in [-0.25, -0.2) is 4.98 Å². The highest BCUT2D eigenvalue weighted by molar-refractivity contribution is 9.11. The van der Waals surface area contributed by atoms with Gasteiger partial charge < -0.3 is 10.4 Å². The van der Waals surface area contributed by atoms with E-state index in [1.165, 1.54) is 0 Å². The van der Waals surface area contributed by atoms with Crippen LogP contribution in [0.1, 0.15) is 11.1 Å². The lowest BCUT2D eigenvalue weighted by molar-refractivity contribution is 0.281. The molecule has 94 valence electrons. The number of hydrogen-bond donors (Lipinski definition) is 2. The third kappa shape index (κ3) is 3.54. The van der Waals surface area contributed by atoms with E-state index in [0.29, 0.717) is 6.54 Å². The normalized spacial score (nSPS) is 10.4. The standard InChI is InChI=1S/C13H12Br2N2O/c14-11-5-12(15)13(17-7-11)16-6-9-2-1-3-10(4-9)8-18/h1-5,7,18H,6,8H2,(H,16,17). The predicted molar refractivity (Wildman–Crippen MR) is 79.3 cm³/mol. The molecule has 0 aliphatic heterocycles. The Labute approximate surface area is 123 Å². The van der Waals surface area contributed by atoms with Gasteiger partial charge in [0, 0.05) is 17.2 Å². The minimum Gasteiger partial charge on any atom is -0.392 e. The second-order valence-electron chi connectivity index (χ2n) is 3.82. The Morgan fingerprint density at radius 2 is 1.94 bits per heavy atom. The third-order valence-corrected chi connectivity index (χ3v) is 3.48. The molecule has 0 bridgehead atoms. The van der Waals surface area contributed by atoms with E-state index in [4.69, 9.17) is 5.11 Å². The van der Waals surface area contributed by atoms with E-state index in [1.54, 1.807) is 6.20 Å². The number of anilines is 1. The van der Waals surface area contributed by atoms with Gasteiger partial charge in [0.05, 0.1) is 11.1 Å². The summed E-state index contributed by atoms with van der Waals surface area (Å²) in [6.45, 7) is 0.731. The summed E-state index contributed by atoms with van der Waals surface area (Å²) in [6.07, 6.45) is 1.75. The molecule has 0 aliphatic rings. The van der Waals surface area contributed by atoms with Crippen LogP contribution in [0.15, 0.2) is 45.5 Å². The molecule has 0 fully saturated rings. The topological polar surface area (TPSA) is 45.1 Å². The summed E-state index contributed by atoms with van der Waals surface area (Å²) in [5.74, 6) is 0.799. The molecule has 0 amide bonds. The Bertz CT molecular complexity index is 546. The molecule has 1 aromatic carbocycles. The highest BCUT2D eigenvalue weighted by Crippen LogP contribution is 2.23. The van der Waals surface area contributed by atoms with Crippen LogP contribution in [-0.4, -0.2) is 10.1 Å². The lowest BCUT2D eigenvalue weighted by atomic mass is 10.1. The lowest BCUT2D eigenvalue weighted by Gasteiger charge is -2.08. The van der Waals surface area contributed by atoms with Gasteiger partial charge in [-0.1, -0.05) is 24.3 Å². The van der Waals surface area contributed by atoms with Crippen LogP contribution in [0.5, 0.6) is 0 Å². The molecule has 0 spiro atoms.